The molecule has 0 aliphatic rings. The molecular formula is C9H9N3O. The number of pyridine rings is 1. The number of nitrogens with one attached hydrogen (secondary N) is 1. The average molecular weight is 175 g/mol. The van der Waals surface area contributed by atoms with Crippen molar-refractivity contribution in [3.05, 3.63) is 59.5 Å². The van der Waals surface area contributed by atoms with Crippen molar-refractivity contribution in [2.75, 3.05) is 0 Å². The predicted octanol–water partition coefficient (Wildman–Crippen LogP) is 0.851. The summed E-state index contributed by atoms with van der Waals surface area (Å²) in [6.07, 6.45) is 8.16. The van der Waals surface area contributed by atoms with E-state index in [4.69, 9.17) is 0 Å². The maximum absolute atomic E-state index is 10.2. The Kier molecular flexibility index (Phi) is 3.96. The standard InChI is InChI=1S/C5H5NO.C4H4N2/c7-5-3-1-2-4-6-5;1-2-6-4-3-5-1/h1-4H,(H,6,7);1-4H. The molecule has 0 aliphatic heterocycles. The predicted molar refractivity (Wildman–Crippen MR) is 49.1 cm³/mol. The highest BCUT2D eigenvalue weighted by Gasteiger charge is 1.69. The molecule has 0 radical (unpaired) electrons. The first kappa shape index (κ1) is 9.12. The van der Waals surface area contributed by atoms with Gasteiger partial charge in [0.25, 0.3) is 0 Å². The van der Waals surface area contributed by atoms with Gasteiger partial charge < -0.3 is 4.98 Å². The van der Waals surface area contributed by atoms with Gasteiger partial charge in [0.1, 0.15) is 0 Å². The second kappa shape index (κ2) is 5.65. The Balaban J connectivity index is 0.000000132. The molecule has 1 N–H and O–H groups in total. The Labute approximate surface area is 75.3 Å². The lowest BCUT2D eigenvalue weighted by molar-refractivity contribution is 1.20. The fourth-order valence-corrected chi connectivity index (χ4v) is 0.630. The molecule has 13 heavy (non-hydrogen) atoms. The van der Waals surface area contributed by atoms with Gasteiger partial charge in [0.15, 0.2) is 0 Å². The van der Waals surface area contributed by atoms with Crippen LogP contribution in [0.25, 0.3) is 0 Å². The molecule has 0 fully saturated rings. The average Bonchev–Trinajstić information content (AvgIpc) is 2.22. The Bertz CT molecular complexity index is 328. The van der Waals surface area contributed by atoms with E-state index in [9.17, 15) is 4.79 Å². The molecule has 0 aromatic carbocycles. The fraction of sp³-hybridized carbons (Fsp3) is 0. The number of hydrogen-bond acceptors (Lipinski definition) is 3. The van der Waals surface area contributed by atoms with E-state index in [1.807, 2.05) is 0 Å². The molecule has 0 aliphatic carbocycles. The van der Waals surface area contributed by atoms with Gasteiger partial charge in [-0.05, 0) is 6.07 Å². The molecule has 0 saturated heterocycles. The minimum Gasteiger partial charge on any atom is -0.329 e. The Hall–Kier alpha value is -1.97. The summed E-state index contributed by atoms with van der Waals surface area (Å²) in [6.45, 7) is 0. The second-order valence-corrected chi connectivity index (χ2v) is 2.12. The topological polar surface area (TPSA) is 58.6 Å². The molecule has 0 saturated carbocycles. The number of H-pyrrole nitrogens is 1. The van der Waals surface area contributed by atoms with E-state index >= 15 is 0 Å². The normalized spacial score (nSPS) is 8.31. The first-order valence-corrected chi connectivity index (χ1v) is 3.73. The van der Waals surface area contributed by atoms with Gasteiger partial charge in [-0.25, -0.2) is 0 Å². The van der Waals surface area contributed by atoms with E-state index in [2.05, 4.69) is 15.0 Å². The highest BCUT2D eigenvalue weighted by Crippen LogP contribution is 1.67. The van der Waals surface area contributed by atoms with Crippen LogP contribution in [0, 0.1) is 0 Å². The number of nitrogens with zero attached hydrogens (tertiary/aromatic N) is 2. The Morgan fingerprint density at radius 3 is 1.85 bits per heavy atom. The Morgan fingerprint density at radius 1 is 1.00 bits per heavy atom. The third-order valence-electron chi connectivity index (χ3n) is 1.16. The van der Waals surface area contributed by atoms with Crippen LogP contribution in [-0.2, 0) is 0 Å². The van der Waals surface area contributed by atoms with Crippen molar-refractivity contribution in [2.45, 2.75) is 0 Å². The summed E-state index contributed by atoms with van der Waals surface area (Å²) in [7, 11) is 0. The van der Waals surface area contributed by atoms with Gasteiger partial charge in [0.05, 0.1) is 0 Å². The lowest BCUT2D eigenvalue weighted by Gasteiger charge is -1.73. The van der Waals surface area contributed by atoms with Gasteiger partial charge >= 0.3 is 0 Å². The van der Waals surface area contributed by atoms with E-state index < -0.39 is 0 Å². The molecule has 66 valence electrons. The number of aromatic amines is 1. The summed E-state index contributed by atoms with van der Waals surface area (Å²) in [5.74, 6) is 0. The summed E-state index contributed by atoms with van der Waals surface area (Å²) in [5.41, 5.74) is -0.0532. The molecule has 4 heteroatoms. The van der Waals surface area contributed by atoms with Gasteiger partial charge in [-0.1, -0.05) is 6.07 Å². The smallest absolute Gasteiger partial charge is 0.247 e. The van der Waals surface area contributed by atoms with E-state index in [0.29, 0.717) is 0 Å². The molecule has 0 bridgehead atoms. The molecule has 2 rings (SSSR count). The van der Waals surface area contributed by atoms with Crippen molar-refractivity contribution in [3.63, 3.8) is 0 Å². The SMILES string of the molecule is O=c1cccc[nH]1.c1cnccn1. The van der Waals surface area contributed by atoms with Crippen LogP contribution < -0.4 is 5.56 Å². The highest BCUT2D eigenvalue weighted by molar-refractivity contribution is 4.89. The minimum atomic E-state index is -0.0532. The van der Waals surface area contributed by atoms with Crippen LogP contribution in [-0.4, -0.2) is 15.0 Å². The lowest BCUT2D eigenvalue weighted by Crippen LogP contribution is -1.98. The summed E-state index contributed by atoms with van der Waals surface area (Å²) in [6, 6.07) is 4.93. The van der Waals surface area contributed by atoms with Crippen LogP contribution in [0.3, 0.4) is 0 Å². The van der Waals surface area contributed by atoms with Crippen LogP contribution in [0.2, 0.25) is 0 Å². The lowest BCUT2D eigenvalue weighted by atomic mass is 10.5. The summed E-state index contributed by atoms with van der Waals surface area (Å²) < 4.78 is 0. The number of hydrogen-bond donors (Lipinski definition) is 1. The molecule has 0 amide bonds. The van der Waals surface area contributed by atoms with Crippen LogP contribution in [0.15, 0.2) is 54.0 Å². The maximum atomic E-state index is 10.2. The zero-order valence-electron chi connectivity index (χ0n) is 6.92. The number of aromatic nitrogens is 3. The third-order valence-corrected chi connectivity index (χ3v) is 1.16. The monoisotopic (exact) mass is 175 g/mol. The molecule has 4 nitrogen and oxygen atoms in total. The maximum Gasteiger partial charge on any atom is 0.247 e. The van der Waals surface area contributed by atoms with Crippen molar-refractivity contribution >= 4 is 0 Å². The van der Waals surface area contributed by atoms with Crippen LogP contribution in [0.4, 0.5) is 0 Å². The Morgan fingerprint density at radius 2 is 1.62 bits per heavy atom. The van der Waals surface area contributed by atoms with E-state index in [-0.39, 0.29) is 5.56 Å². The van der Waals surface area contributed by atoms with Gasteiger partial charge in [0, 0.05) is 37.1 Å². The van der Waals surface area contributed by atoms with Crippen LogP contribution >= 0.6 is 0 Å². The molecule has 0 spiro atoms. The van der Waals surface area contributed by atoms with Gasteiger partial charge in [0.2, 0.25) is 5.56 Å². The van der Waals surface area contributed by atoms with Crippen molar-refractivity contribution in [3.8, 4) is 0 Å². The second-order valence-electron chi connectivity index (χ2n) is 2.12. The molecule has 0 atom stereocenters. The summed E-state index contributed by atoms with van der Waals surface area (Å²) in [5, 5.41) is 0. The van der Waals surface area contributed by atoms with Crippen molar-refractivity contribution in [1.29, 1.82) is 0 Å². The minimum absolute atomic E-state index is 0.0532. The van der Waals surface area contributed by atoms with E-state index in [0.717, 1.165) is 0 Å². The highest BCUT2D eigenvalue weighted by atomic mass is 16.1. The van der Waals surface area contributed by atoms with Gasteiger partial charge in [-0.3, -0.25) is 14.8 Å². The van der Waals surface area contributed by atoms with Crippen molar-refractivity contribution < 1.29 is 0 Å². The van der Waals surface area contributed by atoms with Crippen LogP contribution in [0.5, 0.6) is 0 Å². The first-order chi connectivity index (χ1) is 6.39. The van der Waals surface area contributed by atoms with E-state index in [1.54, 1.807) is 43.1 Å². The summed E-state index contributed by atoms with van der Waals surface area (Å²) in [4.78, 5) is 20.1. The zero-order valence-corrected chi connectivity index (χ0v) is 6.92. The molecule has 2 aromatic rings. The zero-order chi connectivity index (χ0) is 9.36. The summed E-state index contributed by atoms with van der Waals surface area (Å²) >= 11 is 0. The third kappa shape index (κ3) is 4.47. The van der Waals surface area contributed by atoms with Gasteiger partial charge in [-0.2, -0.15) is 0 Å². The molecule has 2 heterocycles. The van der Waals surface area contributed by atoms with Crippen molar-refractivity contribution in [2.24, 2.45) is 0 Å². The quantitative estimate of drug-likeness (QED) is 0.645. The largest absolute Gasteiger partial charge is 0.329 e. The molecule has 0 unspecified atom stereocenters. The van der Waals surface area contributed by atoms with E-state index in [1.165, 1.54) is 6.07 Å². The van der Waals surface area contributed by atoms with Crippen molar-refractivity contribution in [1.82, 2.24) is 15.0 Å². The molecule has 2 aromatic heterocycles. The fourth-order valence-electron chi connectivity index (χ4n) is 0.630. The first-order valence-electron chi connectivity index (χ1n) is 3.73. The van der Waals surface area contributed by atoms with Crippen LogP contribution in [0.1, 0.15) is 0 Å². The molecular weight excluding hydrogens is 166 g/mol. The number of rotatable bonds is 0. The van der Waals surface area contributed by atoms with Gasteiger partial charge in [-0.15, -0.1) is 0 Å².